The van der Waals surface area contributed by atoms with Crippen LogP contribution in [0.2, 0.25) is 5.15 Å². The first-order valence-electron chi connectivity index (χ1n) is 5.99. The van der Waals surface area contributed by atoms with Gasteiger partial charge in [-0.25, -0.2) is 4.79 Å². The first kappa shape index (κ1) is 14.1. The van der Waals surface area contributed by atoms with E-state index in [2.05, 4.69) is 4.98 Å². The van der Waals surface area contributed by atoms with Gasteiger partial charge in [-0.2, -0.15) is 11.3 Å². The van der Waals surface area contributed by atoms with E-state index in [1.54, 1.807) is 0 Å². The first-order valence-corrected chi connectivity index (χ1v) is 7.31. The molecule has 0 aromatic carbocycles. The minimum Gasteiger partial charge on any atom is -0.297 e. The second-order valence-corrected chi connectivity index (χ2v) is 5.88. The summed E-state index contributed by atoms with van der Waals surface area (Å²) in [6, 6.07) is 1.60. The van der Waals surface area contributed by atoms with Crippen LogP contribution in [0.15, 0.2) is 26.4 Å². The highest BCUT2D eigenvalue weighted by Crippen LogP contribution is 2.20. The first-order chi connectivity index (χ1) is 8.93. The fourth-order valence-corrected chi connectivity index (χ4v) is 3.18. The van der Waals surface area contributed by atoms with Crippen LogP contribution in [0.1, 0.15) is 43.9 Å². The summed E-state index contributed by atoms with van der Waals surface area (Å²) in [5, 5.41) is 3.99. The van der Waals surface area contributed by atoms with Crippen molar-refractivity contribution in [2.24, 2.45) is 0 Å². The Balaban J connectivity index is 2.68. The van der Waals surface area contributed by atoms with Crippen molar-refractivity contribution in [1.29, 1.82) is 0 Å². The van der Waals surface area contributed by atoms with E-state index in [4.69, 9.17) is 11.6 Å². The molecule has 2 rings (SSSR count). The molecule has 4 nitrogen and oxygen atoms in total. The van der Waals surface area contributed by atoms with E-state index < -0.39 is 5.69 Å². The Morgan fingerprint density at radius 2 is 2.00 bits per heavy atom. The Morgan fingerprint density at radius 1 is 1.32 bits per heavy atom. The van der Waals surface area contributed by atoms with E-state index in [9.17, 15) is 9.59 Å². The molecule has 1 unspecified atom stereocenters. The summed E-state index contributed by atoms with van der Waals surface area (Å²) in [5.41, 5.74) is 0.596. The molecule has 0 bridgehead atoms. The molecule has 2 aromatic heterocycles. The number of thiophene rings is 1. The molecule has 0 aliphatic heterocycles. The maximum atomic E-state index is 12.5. The second-order valence-electron chi connectivity index (χ2n) is 4.72. The van der Waals surface area contributed by atoms with Gasteiger partial charge in [0.1, 0.15) is 5.15 Å². The lowest BCUT2D eigenvalue weighted by molar-refractivity contribution is 0.568. The molecule has 0 spiro atoms. The minimum atomic E-state index is -0.474. The molecule has 1 atom stereocenters. The van der Waals surface area contributed by atoms with Crippen LogP contribution < -0.4 is 11.2 Å². The Labute approximate surface area is 119 Å². The predicted molar refractivity (Wildman–Crippen MR) is 78.6 cm³/mol. The van der Waals surface area contributed by atoms with Crippen LogP contribution in [0.5, 0.6) is 0 Å². The largest absolute Gasteiger partial charge is 0.330 e. The van der Waals surface area contributed by atoms with Gasteiger partial charge in [0, 0.05) is 0 Å². The molecule has 0 aliphatic rings. The van der Waals surface area contributed by atoms with E-state index >= 15 is 0 Å². The van der Waals surface area contributed by atoms with Gasteiger partial charge in [-0.3, -0.25) is 14.3 Å². The number of aromatic nitrogens is 2. The molecule has 0 saturated heterocycles. The van der Waals surface area contributed by atoms with Gasteiger partial charge in [0.25, 0.3) is 5.56 Å². The smallest absolute Gasteiger partial charge is 0.297 e. The third-order valence-corrected chi connectivity index (χ3v) is 4.11. The van der Waals surface area contributed by atoms with Gasteiger partial charge in [-0.1, -0.05) is 25.4 Å². The average molecular weight is 299 g/mol. The highest BCUT2D eigenvalue weighted by Gasteiger charge is 2.19. The SMILES string of the molecule is CC(C)c1c(Cl)[nH]c(=O)n(C(C)c2ccsc2)c1=O. The Hall–Kier alpha value is -1.33. The lowest BCUT2D eigenvalue weighted by Gasteiger charge is -2.16. The van der Waals surface area contributed by atoms with Crippen molar-refractivity contribution in [3.8, 4) is 0 Å². The van der Waals surface area contributed by atoms with Gasteiger partial charge in [0.2, 0.25) is 0 Å². The normalized spacial score (nSPS) is 12.9. The third kappa shape index (κ3) is 2.53. The maximum Gasteiger partial charge on any atom is 0.330 e. The van der Waals surface area contributed by atoms with Crippen molar-refractivity contribution in [1.82, 2.24) is 9.55 Å². The van der Waals surface area contributed by atoms with Gasteiger partial charge < -0.3 is 0 Å². The summed E-state index contributed by atoms with van der Waals surface area (Å²) >= 11 is 7.50. The van der Waals surface area contributed by atoms with Crippen LogP contribution in [0.4, 0.5) is 0 Å². The molecule has 2 heterocycles. The maximum absolute atomic E-state index is 12.5. The quantitative estimate of drug-likeness (QED) is 0.886. The third-order valence-electron chi connectivity index (χ3n) is 3.11. The summed E-state index contributed by atoms with van der Waals surface area (Å²) in [6.07, 6.45) is 0. The topological polar surface area (TPSA) is 54.9 Å². The van der Waals surface area contributed by atoms with Gasteiger partial charge in [0.05, 0.1) is 11.6 Å². The fraction of sp³-hybridized carbons (Fsp3) is 0.385. The predicted octanol–water partition coefficient (Wildman–Crippen LogP) is 2.98. The standard InChI is InChI=1S/C13H15ClN2O2S/c1-7(2)10-11(14)15-13(18)16(12(10)17)8(3)9-4-5-19-6-9/h4-8H,1-3H3,(H,15,18). The number of hydrogen-bond acceptors (Lipinski definition) is 3. The van der Waals surface area contributed by atoms with Gasteiger partial charge in [-0.05, 0) is 35.2 Å². The van der Waals surface area contributed by atoms with Crippen LogP contribution in [-0.2, 0) is 0 Å². The molecule has 0 radical (unpaired) electrons. The van der Waals surface area contributed by atoms with E-state index in [-0.39, 0.29) is 22.7 Å². The van der Waals surface area contributed by atoms with Crippen LogP contribution in [-0.4, -0.2) is 9.55 Å². The van der Waals surface area contributed by atoms with E-state index in [0.29, 0.717) is 5.56 Å². The summed E-state index contributed by atoms with van der Waals surface area (Å²) in [6.45, 7) is 5.58. The van der Waals surface area contributed by atoms with Gasteiger partial charge >= 0.3 is 5.69 Å². The number of hydrogen-bond donors (Lipinski definition) is 1. The number of rotatable bonds is 3. The number of aromatic amines is 1. The molecule has 1 N–H and O–H groups in total. The monoisotopic (exact) mass is 298 g/mol. The molecule has 0 aliphatic carbocycles. The fourth-order valence-electron chi connectivity index (χ4n) is 2.05. The van der Waals surface area contributed by atoms with E-state index in [0.717, 1.165) is 5.56 Å². The van der Waals surface area contributed by atoms with Crippen molar-refractivity contribution in [2.45, 2.75) is 32.7 Å². The number of H-pyrrole nitrogens is 1. The Morgan fingerprint density at radius 3 is 2.53 bits per heavy atom. The Kier molecular flexibility index (Phi) is 3.96. The van der Waals surface area contributed by atoms with Crippen molar-refractivity contribution >= 4 is 22.9 Å². The summed E-state index contributed by atoms with van der Waals surface area (Å²) in [7, 11) is 0. The molecule has 0 amide bonds. The Bertz CT molecular complexity index is 686. The van der Waals surface area contributed by atoms with Crippen LogP contribution in [0, 0.1) is 0 Å². The van der Waals surface area contributed by atoms with Gasteiger partial charge in [0.15, 0.2) is 0 Å². The van der Waals surface area contributed by atoms with E-state index in [1.165, 1.54) is 15.9 Å². The zero-order valence-electron chi connectivity index (χ0n) is 10.9. The zero-order valence-corrected chi connectivity index (χ0v) is 12.5. The minimum absolute atomic E-state index is 0.0437. The van der Waals surface area contributed by atoms with Gasteiger partial charge in [-0.15, -0.1) is 0 Å². The van der Waals surface area contributed by atoms with Crippen molar-refractivity contribution in [3.63, 3.8) is 0 Å². The number of nitrogens with one attached hydrogen (secondary N) is 1. The lowest BCUT2D eigenvalue weighted by Crippen LogP contribution is -2.39. The van der Waals surface area contributed by atoms with Crippen LogP contribution in [0.3, 0.4) is 0 Å². The molecule has 2 aromatic rings. The van der Waals surface area contributed by atoms with Crippen LogP contribution >= 0.6 is 22.9 Å². The number of halogens is 1. The van der Waals surface area contributed by atoms with Crippen molar-refractivity contribution in [2.75, 3.05) is 0 Å². The molecule has 19 heavy (non-hydrogen) atoms. The van der Waals surface area contributed by atoms with Crippen molar-refractivity contribution < 1.29 is 0 Å². The number of nitrogens with zero attached hydrogens (tertiary/aromatic N) is 1. The molecule has 6 heteroatoms. The summed E-state index contributed by atoms with van der Waals surface area (Å²) in [4.78, 5) is 27.0. The van der Waals surface area contributed by atoms with E-state index in [1.807, 2.05) is 37.6 Å². The second kappa shape index (κ2) is 5.35. The molecular formula is C13H15ClN2O2S. The molecular weight excluding hydrogens is 284 g/mol. The van der Waals surface area contributed by atoms with Crippen molar-refractivity contribution in [3.05, 3.63) is 53.9 Å². The molecule has 0 fully saturated rings. The molecule has 0 saturated carbocycles. The zero-order chi connectivity index (χ0) is 14.2. The summed E-state index contributed by atoms with van der Waals surface area (Å²) < 4.78 is 1.23. The highest BCUT2D eigenvalue weighted by molar-refractivity contribution is 7.07. The highest BCUT2D eigenvalue weighted by atomic mass is 35.5. The summed E-state index contributed by atoms with van der Waals surface area (Å²) in [5.74, 6) is -0.0437. The van der Waals surface area contributed by atoms with Crippen LogP contribution in [0.25, 0.3) is 0 Å². The average Bonchev–Trinajstić information content (AvgIpc) is 2.80. The molecule has 102 valence electrons. The lowest BCUT2D eigenvalue weighted by atomic mass is 10.1.